The van der Waals surface area contributed by atoms with E-state index in [4.69, 9.17) is 37.8 Å². The highest BCUT2D eigenvalue weighted by molar-refractivity contribution is 6.31. The predicted molar refractivity (Wildman–Crippen MR) is 122 cm³/mol. The van der Waals surface area contributed by atoms with Gasteiger partial charge in [-0.2, -0.15) is 5.10 Å². The molecule has 32 heavy (non-hydrogen) atoms. The van der Waals surface area contributed by atoms with Gasteiger partial charge in [0.05, 0.1) is 19.3 Å². The van der Waals surface area contributed by atoms with E-state index in [1.54, 1.807) is 22.9 Å². The zero-order chi connectivity index (χ0) is 23.3. The van der Waals surface area contributed by atoms with Crippen molar-refractivity contribution in [1.29, 1.82) is 0 Å². The van der Waals surface area contributed by atoms with Gasteiger partial charge in [0.2, 0.25) is 0 Å². The van der Waals surface area contributed by atoms with Gasteiger partial charge in [0.25, 0.3) is 0 Å². The minimum Gasteiger partial charge on any atom is -0.493 e. The van der Waals surface area contributed by atoms with Crippen LogP contribution in [0.4, 0.5) is 0 Å². The second-order valence-corrected chi connectivity index (χ2v) is 7.61. The van der Waals surface area contributed by atoms with Crippen molar-refractivity contribution >= 4 is 41.0 Å². The number of benzene rings is 2. The number of allylic oxidation sites excluding steroid dienone is 1. The third-order valence-electron chi connectivity index (χ3n) is 4.56. The number of aliphatic carboxylic acids is 1. The number of carbonyl (C=O) groups excluding carboxylic acids is 1. The highest BCUT2D eigenvalue weighted by atomic mass is 35.5. The van der Waals surface area contributed by atoms with E-state index < -0.39 is 12.6 Å². The molecule has 7 nitrogen and oxygen atoms in total. The molecule has 1 N–H and O–H groups in total. The van der Waals surface area contributed by atoms with Crippen molar-refractivity contribution in [1.82, 2.24) is 9.78 Å². The Kier molecular flexibility index (Phi) is 7.56. The van der Waals surface area contributed by atoms with Crippen LogP contribution < -0.4 is 9.47 Å². The quantitative estimate of drug-likeness (QED) is 0.349. The summed E-state index contributed by atoms with van der Waals surface area (Å²) in [7, 11) is 1.41. The number of hydrogen-bond donors (Lipinski definition) is 1. The van der Waals surface area contributed by atoms with Crippen LogP contribution in [0.3, 0.4) is 0 Å². The number of ether oxygens (including phenoxy) is 2. The Labute approximate surface area is 194 Å². The fourth-order valence-corrected chi connectivity index (χ4v) is 3.38. The number of aromatic nitrogens is 2. The molecular formula is C23H20Cl2N2O5. The van der Waals surface area contributed by atoms with Crippen molar-refractivity contribution in [2.75, 3.05) is 13.7 Å². The monoisotopic (exact) mass is 474 g/mol. The second kappa shape index (κ2) is 10.3. The Hall–Kier alpha value is -3.29. The minimum atomic E-state index is -1.11. The first-order chi connectivity index (χ1) is 15.3. The van der Waals surface area contributed by atoms with Gasteiger partial charge in [-0.3, -0.25) is 4.79 Å². The van der Waals surface area contributed by atoms with Crippen LogP contribution in [-0.4, -0.2) is 40.4 Å². The van der Waals surface area contributed by atoms with Crippen molar-refractivity contribution in [2.24, 2.45) is 0 Å². The molecule has 0 unspecified atom stereocenters. The lowest BCUT2D eigenvalue weighted by molar-refractivity contribution is -0.139. The fourth-order valence-electron chi connectivity index (χ4n) is 2.96. The van der Waals surface area contributed by atoms with Crippen LogP contribution in [0.5, 0.6) is 11.5 Å². The van der Waals surface area contributed by atoms with Crippen LogP contribution in [0.1, 0.15) is 27.2 Å². The number of carboxylic acids is 1. The highest BCUT2D eigenvalue weighted by Gasteiger charge is 2.14. The van der Waals surface area contributed by atoms with Gasteiger partial charge in [-0.25, -0.2) is 9.48 Å². The van der Waals surface area contributed by atoms with Crippen molar-refractivity contribution in [3.05, 3.63) is 81.1 Å². The average Bonchev–Trinajstić information content (AvgIpc) is 3.04. The molecule has 0 aliphatic rings. The first-order valence-electron chi connectivity index (χ1n) is 9.51. The third kappa shape index (κ3) is 5.69. The van der Waals surface area contributed by atoms with Crippen LogP contribution in [0.15, 0.2) is 48.5 Å². The lowest BCUT2D eigenvalue weighted by Crippen LogP contribution is -2.10. The molecule has 0 atom stereocenters. The Balaban J connectivity index is 1.77. The number of aryl methyl sites for hydroxylation is 1. The molecule has 2 aromatic carbocycles. The maximum atomic E-state index is 12.7. The van der Waals surface area contributed by atoms with Gasteiger partial charge in [-0.05, 0) is 55.0 Å². The molecule has 1 aromatic heterocycles. The van der Waals surface area contributed by atoms with E-state index in [0.29, 0.717) is 33.5 Å². The SMILES string of the molecule is COc1cc(C(=O)/C=C/c2c(C)nn(Cc3ccc(Cl)cc3)c2Cl)ccc1OCC(=O)O. The van der Waals surface area contributed by atoms with Gasteiger partial charge >= 0.3 is 5.97 Å². The van der Waals surface area contributed by atoms with Gasteiger partial charge in [-0.15, -0.1) is 0 Å². The van der Waals surface area contributed by atoms with Crippen molar-refractivity contribution in [2.45, 2.75) is 13.5 Å². The smallest absolute Gasteiger partial charge is 0.341 e. The molecule has 0 amide bonds. The molecule has 0 bridgehead atoms. The standard InChI is InChI=1S/C23H20Cl2N2O5/c1-14-18(23(25)27(26-14)12-15-3-6-17(24)7-4-15)8-9-19(28)16-5-10-20(21(11-16)31-2)32-13-22(29)30/h3-11H,12-13H2,1-2H3,(H,29,30)/b9-8+. The summed E-state index contributed by atoms with van der Waals surface area (Å²) in [6.45, 7) is 1.76. The zero-order valence-electron chi connectivity index (χ0n) is 17.3. The number of ketones is 1. The van der Waals surface area contributed by atoms with Crippen LogP contribution in [0.2, 0.25) is 10.2 Å². The Morgan fingerprint density at radius 2 is 1.84 bits per heavy atom. The molecular weight excluding hydrogens is 455 g/mol. The van der Waals surface area contributed by atoms with Crippen molar-refractivity contribution in [3.63, 3.8) is 0 Å². The molecule has 0 aliphatic carbocycles. The Bertz CT molecular complexity index is 1170. The number of carboxylic acid groups (broad SMARTS) is 1. The van der Waals surface area contributed by atoms with E-state index in [-0.39, 0.29) is 17.3 Å². The number of halogens is 2. The molecule has 0 fully saturated rings. The molecule has 166 valence electrons. The third-order valence-corrected chi connectivity index (χ3v) is 5.21. The topological polar surface area (TPSA) is 90.6 Å². The molecule has 0 saturated heterocycles. The summed E-state index contributed by atoms with van der Waals surface area (Å²) >= 11 is 12.4. The predicted octanol–water partition coefficient (Wildman–Crippen LogP) is 4.91. The largest absolute Gasteiger partial charge is 0.493 e. The minimum absolute atomic E-state index is 0.234. The van der Waals surface area contributed by atoms with E-state index in [0.717, 1.165) is 5.56 Å². The number of carbonyl (C=O) groups is 2. The summed E-state index contributed by atoms with van der Waals surface area (Å²) in [5.41, 5.74) is 2.66. The van der Waals surface area contributed by atoms with Crippen LogP contribution in [-0.2, 0) is 11.3 Å². The summed E-state index contributed by atoms with van der Waals surface area (Å²) in [4.78, 5) is 23.3. The average molecular weight is 475 g/mol. The van der Waals surface area contributed by atoms with Crippen LogP contribution in [0.25, 0.3) is 6.08 Å². The number of hydrogen-bond acceptors (Lipinski definition) is 5. The summed E-state index contributed by atoms with van der Waals surface area (Å²) in [5, 5.41) is 14.3. The van der Waals surface area contributed by atoms with Crippen LogP contribution >= 0.6 is 23.2 Å². The first-order valence-corrected chi connectivity index (χ1v) is 10.3. The lowest BCUT2D eigenvalue weighted by atomic mass is 10.1. The molecule has 0 radical (unpaired) electrons. The van der Waals surface area contributed by atoms with Crippen molar-refractivity contribution < 1.29 is 24.2 Å². The summed E-state index contributed by atoms with van der Waals surface area (Å²) in [6.07, 6.45) is 3.02. The molecule has 3 rings (SSSR count). The molecule has 0 aliphatic heterocycles. The summed E-state index contributed by atoms with van der Waals surface area (Å²) < 4.78 is 12.0. The van der Waals surface area contributed by atoms with Crippen molar-refractivity contribution in [3.8, 4) is 11.5 Å². The number of rotatable bonds is 9. The van der Waals surface area contributed by atoms with E-state index in [1.165, 1.54) is 31.4 Å². The number of methoxy groups -OCH3 is 1. The van der Waals surface area contributed by atoms with Gasteiger partial charge in [0.1, 0.15) is 5.15 Å². The zero-order valence-corrected chi connectivity index (χ0v) is 18.9. The molecule has 1 heterocycles. The van der Waals surface area contributed by atoms with E-state index in [9.17, 15) is 9.59 Å². The van der Waals surface area contributed by atoms with Gasteiger partial charge in [0.15, 0.2) is 23.9 Å². The van der Waals surface area contributed by atoms with E-state index in [2.05, 4.69) is 5.10 Å². The normalized spacial score (nSPS) is 11.0. The first kappa shape index (κ1) is 23.4. The Morgan fingerprint density at radius 3 is 2.50 bits per heavy atom. The summed E-state index contributed by atoms with van der Waals surface area (Å²) in [5.74, 6) is -0.902. The second-order valence-electron chi connectivity index (χ2n) is 6.82. The molecule has 9 heteroatoms. The Morgan fingerprint density at radius 1 is 1.12 bits per heavy atom. The maximum Gasteiger partial charge on any atom is 0.341 e. The molecule has 0 spiro atoms. The van der Waals surface area contributed by atoms with Gasteiger partial charge in [-0.1, -0.05) is 35.3 Å². The molecule has 3 aromatic rings. The number of nitrogens with zero attached hydrogens (tertiary/aromatic N) is 2. The maximum absolute atomic E-state index is 12.7. The molecule has 0 saturated carbocycles. The van der Waals surface area contributed by atoms with Gasteiger partial charge in [0, 0.05) is 16.1 Å². The summed E-state index contributed by atoms with van der Waals surface area (Å²) in [6, 6.07) is 11.9. The van der Waals surface area contributed by atoms with E-state index >= 15 is 0 Å². The lowest BCUT2D eigenvalue weighted by Gasteiger charge is -2.09. The van der Waals surface area contributed by atoms with Gasteiger partial charge < -0.3 is 14.6 Å². The van der Waals surface area contributed by atoms with Crippen LogP contribution in [0, 0.1) is 6.92 Å². The highest BCUT2D eigenvalue weighted by Crippen LogP contribution is 2.29. The van der Waals surface area contributed by atoms with E-state index in [1.807, 2.05) is 19.1 Å². The fraction of sp³-hybridized carbons (Fsp3) is 0.174.